The van der Waals surface area contributed by atoms with Crippen LogP contribution in [0, 0.1) is 0 Å². The molecular formula is C16H12F3N3O2. The lowest BCUT2D eigenvalue weighted by Crippen LogP contribution is -2.03. The molecule has 0 fully saturated rings. The molecule has 1 aromatic heterocycles. The summed E-state index contributed by atoms with van der Waals surface area (Å²) in [6, 6.07) is 9.50. The number of fused-ring (bicyclic) bond motifs is 1. The van der Waals surface area contributed by atoms with Gasteiger partial charge >= 0.3 is 6.18 Å². The van der Waals surface area contributed by atoms with Crippen molar-refractivity contribution in [3.05, 3.63) is 48.0 Å². The lowest BCUT2D eigenvalue weighted by atomic mass is 10.2. The first kappa shape index (κ1) is 15.9. The molecular weight excluding hydrogens is 323 g/mol. The van der Waals surface area contributed by atoms with Gasteiger partial charge in [0.2, 0.25) is 5.88 Å². The van der Waals surface area contributed by atoms with Crippen LogP contribution in [0.4, 0.5) is 24.5 Å². The molecule has 0 aliphatic rings. The maximum absolute atomic E-state index is 12.7. The molecule has 24 heavy (non-hydrogen) atoms. The van der Waals surface area contributed by atoms with Crippen LogP contribution in [0.5, 0.6) is 11.6 Å². The van der Waals surface area contributed by atoms with Gasteiger partial charge in [0.15, 0.2) is 5.69 Å². The summed E-state index contributed by atoms with van der Waals surface area (Å²) in [6.45, 7) is 0. The van der Waals surface area contributed by atoms with Crippen molar-refractivity contribution in [3.8, 4) is 11.6 Å². The molecule has 8 heteroatoms. The van der Waals surface area contributed by atoms with Crippen molar-refractivity contribution in [2.45, 2.75) is 6.18 Å². The molecule has 0 aliphatic carbocycles. The first-order valence-electron chi connectivity index (χ1n) is 6.86. The Labute approximate surface area is 134 Å². The molecule has 0 radical (unpaired) electrons. The smallest absolute Gasteiger partial charge is 0.416 e. The van der Waals surface area contributed by atoms with Crippen LogP contribution >= 0.6 is 0 Å². The van der Waals surface area contributed by atoms with E-state index in [1.54, 1.807) is 18.2 Å². The zero-order valence-corrected chi connectivity index (χ0v) is 12.4. The lowest BCUT2D eigenvalue weighted by molar-refractivity contribution is -0.137. The minimum Gasteiger partial charge on any atom is -0.497 e. The number of azo groups is 1. The van der Waals surface area contributed by atoms with E-state index in [0.717, 1.165) is 12.1 Å². The topological polar surface area (TPSA) is 70.0 Å². The SMILES string of the molecule is COc1ccc2c(N=Nc3cccc(C(F)(F)F)c3)c(O)[nH]c2c1. The molecule has 0 aliphatic heterocycles. The van der Waals surface area contributed by atoms with Crippen LogP contribution in [-0.2, 0) is 6.18 Å². The minimum absolute atomic E-state index is 0.0343. The number of methoxy groups -OCH3 is 1. The highest BCUT2D eigenvalue weighted by Gasteiger charge is 2.30. The van der Waals surface area contributed by atoms with Crippen molar-refractivity contribution in [2.24, 2.45) is 10.2 Å². The van der Waals surface area contributed by atoms with Gasteiger partial charge in [0, 0.05) is 11.5 Å². The number of aromatic hydroxyl groups is 1. The van der Waals surface area contributed by atoms with Gasteiger partial charge in [-0.2, -0.15) is 18.3 Å². The van der Waals surface area contributed by atoms with E-state index in [9.17, 15) is 18.3 Å². The van der Waals surface area contributed by atoms with Crippen molar-refractivity contribution in [2.75, 3.05) is 7.11 Å². The second-order valence-corrected chi connectivity index (χ2v) is 4.98. The number of nitrogens with zero attached hydrogens (tertiary/aromatic N) is 2. The van der Waals surface area contributed by atoms with E-state index in [1.165, 1.54) is 19.2 Å². The van der Waals surface area contributed by atoms with Crippen molar-refractivity contribution in [1.29, 1.82) is 0 Å². The summed E-state index contributed by atoms with van der Waals surface area (Å²) in [6.07, 6.45) is -4.45. The Hall–Kier alpha value is -3.03. The summed E-state index contributed by atoms with van der Waals surface area (Å²) in [5.41, 5.74) is -0.0613. The Kier molecular flexibility index (Phi) is 3.88. The van der Waals surface area contributed by atoms with Crippen molar-refractivity contribution in [1.82, 2.24) is 4.98 Å². The van der Waals surface area contributed by atoms with Crippen LogP contribution in [0.25, 0.3) is 10.9 Å². The second kappa shape index (κ2) is 5.88. The van der Waals surface area contributed by atoms with Gasteiger partial charge in [-0.15, -0.1) is 5.11 Å². The van der Waals surface area contributed by atoms with E-state index >= 15 is 0 Å². The van der Waals surface area contributed by atoms with Crippen LogP contribution in [0.15, 0.2) is 52.7 Å². The van der Waals surface area contributed by atoms with Gasteiger partial charge in [0.25, 0.3) is 0 Å². The molecule has 0 saturated heterocycles. The highest BCUT2D eigenvalue weighted by molar-refractivity contribution is 5.94. The molecule has 3 rings (SSSR count). The molecule has 5 nitrogen and oxygen atoms in total. The predicted octanol–water partition coefficient (Wildman–Crippen LogP) is 5.32. The number of H-pyrrole nitrogens is 1. The van der Waals surface area contributed by atoms with E-state index in [0.29, 0.717) is 16.7 Å². The largest absolute Gasteiger partial charge is 0.497 e. The zero-order chi connectivity index (χ0) is 17.3. The van der Waals surface area contributed by atoms with Gasteiger partial charge in [-0.25, -0.2) is 0 Å². The summed E-state index contributed by atoms with van der Waals surface area (Å²) in [5.74, 6) is 0.360. The quantitative estimate of drug-likeness (QED) is 0.636. The first-order valence-corrected chi connectivity index (χ1v) is 6.86. The van der Waals surface area contributed by atoms with Gasteiger partial charge in [0.05, 0.1) is 23.9 Å². The monoisotopic (exact) mass is 335 g/mol. The molecule has 124 valence electrons. The lowest BCUT2D eigenvalue weighted by Gasteiger charge is -2.05. The Balaban J connectivity index is 1.98. The van der Waals surface area contributed by atoms with Crippen LogP contribution in [0.1, 0.15) is 5.56 Å². The van der Waals surface area contributed by atoms with Crippen LogP contribution in [0.2, 0.25) is 0 Å². The number of alkyl halides is 3. The maximum atomic E-state index is 12.7. The number of rotatable bonds is 3. The Morgan fingerprint density at radius 1 is 1.08 bits per heavy atom. The van der Waals surface area contributed by atoms with E-state index in [4.69, 9.17) is 4.74 Å². The fraction of sp³-hybridized carbons (Fsp3) is 0.125. The highest BCUT2D eigenvalue weighted by atomic mass is 19.4. The molecule has 2 N–H and O–H groups in total. The number of hydrogen-bond acceptors (Lipinski definition) is 4. The van der Waals surface area contributed by atoms with Crippen LogP contribution in [0.3, 0.4) is 0 Å². The molecule has 0 unspecified atom stereocenters. The number of aromatic amines is 1. The van der Waals surface area contributed by atoms with Gasteiger partial charge in [-0.05, 0) is 30.3 Å². The number of hydrogen-bond donors (Lipinski definition) is 2. The molecule has 0 saturated carbocycles. The third kappa shape index (κ3) is 3.03. The average Bonchev–Trinajstić information content (AvgIpc) is 2.86. The van der Waals surface area contributed by atoms with E-state index < -0.39 is 11.7 Å². The maximum Gasteiger partial charge on any atom is 0.416 e. The van der Waals surface area contributed by atoms with Gasteiger partial charge < -0.3 is 14.8 Å². The fourth-order valence-electron chi connectivity index (χ4n) is 2.23. The van der Waals surface area contributed by atoms with Crippen molar-refractivity contribution in [3.63, 3.8) is 0 Å². The fourth-order valence-corrected chi connectivity index (χ4v) is 2.23. The third-order valence-corrected chi connectivity index (χ3v) is 3.40. The molecule has 0 amide bonds. The zero-order valence-electron chi connectivity index (χ0n) is 12.4. The highest BCUT2D eigenvalue weighted by Crippen LogP contribution is 2.38. The number of ether oxygens (including phenoxy) is 1. The number of nitrogens with one attached hydrogen (secondary N) is 1. The Bertz CT molecular complexity index is 917. The average molecular weight is 335 g/mol. The molecule has 0 spiro atoms. The summed E-state index contributed by atoms with van der Waals surface area (Å²) in [5, 5.41) is 18.2. The first-order chi connectivity index (χ1) is 11.4. The van der Waals surface area contributed by atoms with E-state index in [2.05, 4.69) is 15.2 Å². The van der Waals surface area contributed by atoms with Gasteiger partial charge in [-0.3, -0.25) is 0 Å². The number of benzene rings is 2. The standard InChI is InChI=1S/C16H12F3N3O2/c1-24-11-5-6-12-13(8-11)20-15(23)14(12)22-21-10-4-2-3-9(7-10)16(17,18)19/h2-8,20,23H,1H3. The summed E-state index contributed by atoms with van der Waals surface area (Å²) in [4.78, 5) is 2.72. The van der Waals surface area contributed by atoms with Gasteiger partial charge in [-0.1, -0.05) is 6.07 Å². The number of halogens is 3. The van der Waals surface area contributed by atoms with E-state index in [-0.39, 0.29) is 17.3 Å². The second-order valence-electron chi connectivity index (χ2n) is 4.98. The third-order valence-electron chi connectivity index (χ3n) is 3.40. The Morgan fingerprint density at radius 3 is 2.58 bits per heavy atom. The Morgan fingerprint density at radius 2 is 1.88 bits per heavy atom. The van der Waals surface area contributed by atoms with Crippen molar-refractivity contribution >= 4 is 22.3 Å². The summed E-state index contributed by atoms with van der Waals surface area (Å²) in [7, 11) is 1.51. The molecule has 3 aromatic rings. The normalized spacial score (nSPS) is 12.2. The van der Waals surface area contributed by atoms with E-state index in [1.807, 2.05) is 0 Å². The predicted molar refractivity (Wildman–Crippen MR) is 82.1 cm³/mol. The van der Waals surface area contributed by atoms with Crippen molar-refractivity contribution < 1.29 is 23.0 Å². The minimum atomic E-state index is -4.45. The molecule has 1 heterocycles. The number of aromatic nitrogens is 1. The molecule has 2 aromatic carbocycles. The molecule has 0 bridgehead atoms. The van der Waals surface area contributed by atoms with Crippen LogP contribution < -0.4 is 4.74 Å². The molecule has 0 atom stereocenters. The van der Waals surface area contributed by atoms with Gasteiger partial charge in [0.1, 0.15) is 5.75 Å². The van der Waals surface area contributed by atoms with Crippen LogP contribution in [-0.4, -0.2) is 17.2 Å². The summed E-state index contributed by atoms with van der Waals surface area (Å²) >= 11 is 0. The summed E-state index contributed by atoms with van der Waals surface area (Å²) < 4.78 is 43.2.